The fraction of sp³-hybridized carbons (Fsp3) is 0.381. The first-order valence-electron chi connectivity index (χ1n) is 9.56. The predicted molar refractivity (Wildman–Crippen MR) is 105 cm³/mol. The zero-order valence-corrected chi connectivity index (χ0v) is 16.3. The van der Waals surface area contributed by atoms with E-state index in [1.165, 1.54) is 18.2 Å². The number of carboxylic acid groups (broad SMARTS) is 1. The monoisotopic (exact) mass is 436 g/mol. The topological polar surface area (TPSA) is 177 Å². The van der Waals surface area contributed by atoms with Crippen LogP contribution in [-0.2, 0) is 17.6 Å². The molecule has 1 aliphatic heterocycles. The molecule has 31 heavy (non-hydrogen) atoms. The van der Waals surface area contributed by atoms with Crippen LogP contribution in [0.25, 0.3) is 0 Å². The van der Waals surface area contributed by atoms with Crippen molar-refractivity contribution in [3.8, 4) is 17.2 Å². The molecule has 0 aliphatic carbocycles. The summed E-state index contributed by atoms with van der Waals surface area (Å²) < 4.78 is 10.8. The molecule has 1 saturated heterocycles. The van der Waals surface area contributed by atoms with Crippen molar-refractivity contribution < 1.29 is 50.0 Å². The average Bonchev–Trinajstić information content (AvgIpc) is 2.74. The third-order valence-electron chi connectivity index (χ3n) is 5.14. The highest BCUT2D eigenvalue weighted by molar-refractivity contribution is 5.92. The van der Waals surface area contributed by atoms with Gasteiger partial charge in [0.2, 0.25) is 6.29 Å². The molecule has 2 aromatic carbocycles. The number of hydrogen-bond acceptors (Lipinski definition) is 9. The predicted octanol–water partition coefficient (Wildman–Crippen LogP) is -0.240. The third-order valence-corrected chi connectivity index (χ3v) is 5.14. The largest absolute Gasteiger partial charge is 0.507 e. The smallest absolute Gasteiger partial charge is 0.339 e. The maximum Gasteiger partial charge on any atom is 0.339 e. The van der Waals surface area contributed by atoms with Crippen LogP contribution in [0.4, 0.5) is 0 Å². The Bertz CT molecular complexity index is 928. The van der Waals surface area contributed by atoms with Crippen LogP contribution in [-0.4, -0.2) is 79.0 Å². The van der Waals surface area contributed by atoms with Gasteiger partial charge in [-0.05, 0) is 42.2 Å². The number of aliphatic hydroxyl groups is 4. The Balaban J connectivity index is 1.76. The van der Waals surface area contributed by atoms with Crippen LogP contribution in [0.3, 0.4) is 0 Å². The highest BCUT2D eigenvalue weighted by Crippen LogP contribution is 2.32. The highest BCUT2D eigenvalue weighted by atomic mass is 16.7. The quantitative estimate of drug-likeness (QED) is 0.306. The molecule has 0 saturated carbocycles. The van der Waals surface area contributed by atoms with E-state index in [2.05, 4.69) is 0 Å². The number of aryl methyl sites for hydroxylation is 2. The molecule has 0 unspecified atom stereocenters. The molecule has 1 fully saturated rings. The summed E-state index contributed by atoms with van der Waals surface area (Å²) in [7, 11) is 0. The van der Waals surface area contributed by atoms with E-state index in [-0.39, 0.29) is 29.2 Å². The molecule has 10 heteroatoms. The summed E-state index contributed by atoms with van der Waals surface area (Å²) in [5.41, 5.74) is 0.896. The lowest BCUT2D eigenvalue weighted by molar-refractivity contribution is -0.277. The van der Waals surface area contributed by atoms with Crippen LogP contribution in [0.15, 0.2) is 36.4 Å². The van der Waals surface area contributed by atoms with Gasteiger partial charge in [-0.2, -0.15) is 0 Å². The number of rotatable bonds is 7. The molecule has 10 nitrogen and oxygen atoms in total. The van der Waals surface area contributed by atoms with Gasteiger partial charge in [0, 0.05) is 0 Å². The van der Waals surface area contributed by atoms with Crippen LogP contribution in [0.2, 0.25) is 0 Å². The van der Waals surface area contributed by atoms with Gasteiger partial charge >= 0.3 is 5.97 Å². The van der Waals surface area contributed by atoms with Gasteiger partial charge in [0.1, 0.15) is 35.7 Å². The van der Waals surface area contributed by atoms with Crippen molar-refractivity contribution >= 4 is 5.97 Å². The van der Waals surface area contributed by atoms with Gasteiger partial charge in [-0.3, -0.25) is 0 Å². The number of carboxylic acids is 1. The molecule has 2 aromatic rings. The molecule has 1 heterocycles. The molecular weight excluding hydrogens is 412 g/mol. The van der Waals surface area contributed by atoms with Gasteiger partial charge in [0.15, 0.2) is 11.5 Å². The maximum atomic E-state index is 11.4. The molecule has 168 valence electrons. The molecule has 0 spiro atoms. The number of carbonyl (C=O) groups is 1. The number of hydrogen-bond donors (Lipinski definition) is 7. The van der Waals surface area contributed by atoms with Crippen molar-refractivity contribution in [1.29, 1.82) is 0 Å². The van der Waals surface area contributed by atoms with E-state index in [9.17, 15) is 40.5 Å². The number of phenolic OH excluding ortho intramolecular Hbond substituents is 1. The van der Waals surface area contributed by atoms with Crippen LogP contribution in [0, 0.1) is 0 Å². The van der Waals surface area contributed by atoms with Gasteiger partial charge in [-0.1, -0.05) is 18.2 Å². The molecule has 7 N–H and O–H groups in total. The second-order valence-corrected chi connectivity index (χ2v) is 7.23. The molecule has 1 aliphatic rings. The van der Waals surface area contributed by atoms with Crippen LogP contribution < -0.4 is 4.74 Å². The zero-order valence-electron chi connectivity index (χ0n) is 16.3. The van der Waals surface area contributed by atoms with Crippen molar-refractivity contribution in [2.24, 2.45) is 0 Å². The van der Waals surface area contributed by atoms with Crippen molar-refractivity contribution in [2.75, 3.05) is 6.61 Å². The van der Waals surface area contributed by atoms with Crippen molar-refractivity contribution in [3.63, 3.8) is 0 Å². The van der Waals surface area contributed by atoms with E-state index in [1.807, 2.05) is 0 Å². The normalized spacial score (nSPS) is 25.9. The molecule has 0 radical (unpaired) electrons. The molecular formula is C21H24O10. The second kappa shape index (κ2) is 9.50. The van der Waals surface area contributed by atoms with E-state index in [1.54, 1.807) is 18.2 Å². The Morgan fingerprint density at radius 1 is 0.968 bits per heavy atom. The lowest BCUT2D eigenvalue weighted by Crippen LogP contribution is -2.60. The summed E-state index contributed by atoms with van der Waals surface area (Å²) in [6.45, 7) is -0.618. The van der Waals surface area contributed by atoms with Crippen molar-refractivity contribution in [3.05, 3.63) is 53.1 Å². The highest BCUT2D eigenvalue weighted by Gasteiger charge is 2.44. The molecule has 3 rings (SSSR count). The number of ether oxygens (including phenoxy) is 2. The summed E-state index contributed by atoms with van der Waals surface area (Å²) >= 11 is 0. The standard InChI is InChI=1S/C21H24O10/c22-9-15-17(25)18(26)19(27)21(31-15)30-14-8-10(5-7-12(14)23)4-6-11-2-1-3-13(24)16(11)20(28)29/h1-3,5,7-8,15,17-19,21-27H,4,6,9H2,(H,28,29)/t15-,17+,18-,19-,21+/m0/s1. The van der Waals surface area contributed by atoms with Crippen molar-refractivity contribution in [2.45, 2.75) is 43.5 Å². The summed E-state index contributed by atoms with van der Waals surface area (Å²) in [5, 5.41) is 68.3. The van der Waals surface area contributed by atoms with Crippen LogP contribution in [0.1, 0.15) is 21.5 Å². The van der Waals surface area contributed by atoms with E-state index in [0.29, 0.717) is 17.5 Å². The first-order chi connectivity index (χ1) is 14.7. The van der Waals surface area contributed by atoms with E-state index >= 15 is 0 Å². The Morgan fingerprint density at radius 2 is 1.71 bits per heavy atom. The first kappa shape index (κ1) is 22.8. The van der Waals surface area contributed by atoms with Gasteiger partial charge in [-0.15, -0.1) is 0 Å². The molecule has 0 amide bonds. The van der Waals surface area contributed by atoms with E-state index < -0.39 is 43.3 Å². The second-order valence-electron chi connectivity index (χ2n) is 7.23. The van der Waals surface area contributed by atoms with E-state index in [0.717, 1.165) is 0 Å². The minimum atomic E-state index is -1.63. The summed E-state index contributed by atoms with van der Waals surface area (Å²) in [5.74, 6) is -1.92. The summed E-state index contributed by atoms with van der Waals surface area (Å²) in [6.07, 6.45) is -6.79. The number of aromatic carboxylic acids is 1. The first-order valence-corrected chi connectivity index (χ1v) is 9.56. The fourth-order valence-corrected chi connectivity index (χ4v) is 3.42. The summed E-state index contributed by atoms with van der Waals surface area (Å²) in [6, 6.07) is 8.82. The molecule has 5 atom stereocenters. The Kier molecular flexibility index (Phi) is 6.98. The summed E-state index contributed by atoms with van der Waals surface area (Å²) in [4.78, 5) is 11.4. The molecule has 0 bridgehead atoms. The maximum absolute atomic E-state index is 11.4. The van der Waals surface area contributed by atoms with Gasteiger partial charge < -0.3 is 45.2 Å². The van der Waals surface area contributed by atoms with Gasteiger partial charge in [0.05, 0.1) is 6.61 Å². The number of phenols is 2. The Hall–Kier alpha value is -2.89. The fourth-order valence-electron chi connectivity index (χ4n) is 3.42. The number of benzene rings is 2. The Labute approximate surface area is 177 Å². The minimum absolute atomic E-state index is 0.0730. The Morgan fingerprint density at radius 3 is 2.39 bits per heavy atom. The van der Waals surface area contributed by atoms with Crippen molar-refractivity contribution in [1.82, 2.24) is 0 Å². The lowest BCUT2D eigenvalue weighted by atomic mass is 9.98. The minimum Gasteiger partial charge on any atom is -0.507 e. The van der Waals surface area contributed by atoms with Crippen LogP contribution >= 0.6 is 0 Å². The average molecular weight is 436 g/mol. The van der Waals surface area contributed by atoms with Crippen LogP contribution in [0.5, 0.6) is 17.2 Å². The third kappa shape index (κ3) is 4.89. The van der Waals surface area contributed by atoms with E-state index in [4.69, 9.17) is 9.47 Å². The number of aliphatic hydroxyl groups excluding tert-OH is 4. The SMILES string of the molecule is O=C(O)c1c(O)cccc1CCc1ccc(O)c(O[C@@H]2O[C@@H](CO)[C@@H](O)[C@H](O)[C@@H]2O)c1. The zero-order chi connectivity index (χ0) is 22.7. The number of aromatic hydroxyl groups is 2. The molecule has 0 aromatic heterocycles. The van der Waals surface area contributed by atoms with Gasteiger partial charge in [-0.25, -0.2) is 4.79 Å². The van der Waals surface area contributed by atoms with Gasteiger partial charge in [0.25, 0.3) is 0 Å². The lowest BCUT2D eigenvalue weighted by Gasteiger charge is -2.39.